The number of hydrogen-bond donors (Lipinski definition) is 3. The van der Waals surface area contributed by atoms with Crippen LogP contribution in [-0.2, 0) is 20.9 Å². The van der Waals surface area contributed by atoms with Gasteiger partial charge in [-0.2, -0.15) is 0 Å². The molecule has 206 valence electrons. The Morgan fingerprint density at radius 2 is 1.76 bits per heavy atom. The van der Waals surface area contributed by atoms with Crippen LogP contribution >= 0.6 is 0 Å². The molecule has 0 aromatic heterocycles. The smallest absolute Gasteiger partial charge is 0.245 e. The summed E-state index contributed by atoms with van der Waals surface area (Å²) in [6.45, 7) is 9.23. The second-order valence-electron chi connectivity index (χ2n) is 11.0. The summed E-state index contributed by atoms with van der Waals surface area (Å²) in [5.41, 5.74) is 9.89. The average Bonchev–Trinajstić information content (AvgIpc) is 3.02. The molecule has 0 saturated carbocycles. The first kappa shape index (κ1) is 29.2. The quantitative estimate of drug-likeness (QED) is 0.353. The highest BCUT2D eigenvalue weighted by Gasteiger charge is 2.35. The molecule has 3 amide bonds. The Hall–Kier alpha value is -3.35. The van der Waals surface area contributed by atoms with Gasteiger partial charge in [0.15, 0.2) is 0 Å². The molecule has 1 fully saturated rings. The molecule has 1 heterocycles. The Balaban J connectivity index is 1.71. The first-order valence-electron chi connectivity index (χ1n) is 14.0. The molecule has 0 radical (unpaired) electrons. The second kappa shape index (κ2) is 14.0. The van der Waals surface area contributed by atoms with E-state index in [0.29, 0.717) is 32.4 Å². The Labute approximate surface area is 227 Å². The number of nitrogens with two attached hydrogens (primary N) is 1. The third-order valence-corrected chi connectivity index (χ3v) is 7.22. The van der Waals surface area contributed by atoms with Crippen molar-refractivity contribution in [3.05, 3.63) is 59.7 Å². The molecular weight excluding hydrogens is 476 g/mol. The third-order valence-electron chi connectivity index (χ3n) is 7.22. The zero-order valence-corrected chi connectivity index (χ0v) is 23.3. The number of carbonyl (C=O) groups is 3. The molecule has 0 aliphatic carbocycles. The molecule has 7 heteroatoms. The molecule has 0 spiro atoms. The second-order valence-corrected chi connectivity index (χ2v) is 11.0. The van der Waals surface area contributed by atoms with E-state index in [-0.39, 0.29) is 17.7 Å². The number of nitrogens with one attached hydrogen (secondary N) is 2. The third kappa shape index (κ3) is 8.33. The van der Waals surface area contributed by atoms with Gasteiger partial charge in [0, 0.05) is 36.3 Å². The zero-order valence-electron chi connectivity index (χ0n) is 23.3. The number of likely N-dealkylation sites (tertiary alicyclic amines) is 1. The van der Waals surface area contributed by atoms with Crippen molar-refractivity contribution in [2.75, 3.05) is 11.9 Å². The molecule has 0 bridgehead atoms. The molecule has 4 N–H and O–H groups in total. The SMILES string of the molecule is CCC[C@H](C(N)=O)[C@@H](CC(C)C)C(=O)N[C@H]1CCCCN(Cc2cccc(Nc3cccc(C)c3)c2)C1=O. The van der Waals surface area contributed by atoms with E-state index >= 15 is 0 Å². The minimum atomic E-state index is -0.594. The topological polar surface area (TPSA) is 105 Å². The van der Waals surface area contributed by atoms with E-state index in [1.807, 2.05) is 56.0 Å². The van der Waals surface area contributed by atoms with Gasteiger partial charge in [-0.1, -0.05) is 51.5 Å². The van der Waals surface area contributed by atoms with E-state index in [1.165, 1.54) is 5.56 Å². The van der Waals surface area contributed by atoms with Crippen LogP contribution in [0.5, 0.6) is 0 Å². The van der Waals surface area contributed by atoms with Crippen molar-refractivity contribution in [2.45, 2.75) is 78.8 Å². The molecule has 2 aromatic carbocycles. The summed E-state index contributed by atoms with van der Waals surface area (Å²) in [6, 6.07) is 15.7. The fourth-order valence-electron chi connectivity index (χ4n) is 5.35. The van der Waals surface area contributed by atoms with Crippen molar-refractivity contribution in [3.8, 4) is 0 Å². The standard InChI is InChI=1S/C31H44N4O3/c1-5-10-26(29(32)36)27(17-21(2)3)30(37)34-28-15-6-7-16-35(31(28)38)20-23-12-9-14-25(19-23)33-24-13-8-11-22(4)18-24/h8-9,11-14,18-19,21,26-28,33H,5-7,10,15-17,20H2,1-4H3,(H2,32,36)(H,34,37)/t26-,27+,28-/m0/s1. The van der Waals surface area contributed by atoms with Crippen molar-refractivity contribution in [1.29, 1.82) is 0 Å². The number of aryl methyl sites for hydroxylation is 1. The van der Waals surface area contributed by atoms with Crippen LogP contribution < -0.4 is 16.4 Å². The number of amides is 3. The maximum Gasteiger partial charge on any atom is 0.245 e. The van der Waals surface area contributed by atoms with Crippen molar-refractivity contribution in [3.63, 3.8) is 0 Å². The van der Waals surface area contributed by atoms with Crippen molar-refractivity contribution in [1.82, 2.24) is 10.2 Å². The van der Waals surface area contributed by atoms with Crippen LogP contribution in [0.3, 0.4) is 0 Å². The van der Waals surface area contributed by atoms with Gasteiger partial charge < -0.3 is 21.3 Å². The van der Waals surface area contributed by atoms with Gasteiger partial charge in [0.2, 0.25) is 17.7 Å². The van der Waals surface area contributed by atoms with Gasteiger partial charge >= 0.3 is 0 Å². The lowest BCUT2D eigenvalue weighted by atomic mass is 9.81. The number of hydrogen-bond acceptors (Lipinski definition) is 4. The number of primary amides is 1. The van der Waals surface area contributed by atoms with Crippen LogP contribution in [0.25, 0.3) is 0 Å². The first-order valence-corrected chi connectivity index (χ1v) is 14.0. The first-order chi connectivity index (χ1) is 18.2. The van der Waals surface area contributed by atoms with E-state index in [2.05, 4.69) is 35.8 Å². The number of carbonyl (C=O) groups excluding carboxylic acids is 3. The number of rotatable bonds is 12. The minimum Gasteiger partial charge on any atom is -0.369 e. The van der Waals surface area contributed by atoms with E-state index < -0.39 is 23.8 Å². The van der Waals surface area contributed by atoms with Crippen LogP contribution in [0, 0.1) is 24.7 Å². The summed E-state index contributed by atoms with van der Waals surface area (Å²) in [5.74, 6) is -1.57. The van der Waals surface area contributed by atoms with Crippen molar-refractivity contribution in [2.24, 2.45) is 23.5 Å². The van der Waals surface area contributed by atoms with Crippen LogP contribution in [0.1, 0.15) is 70.4 Å². The summed E-state index contributed by atoms with van der Waals surface area (Å²) < 4.78 is 0. The van der Waals surface area contributed by atoms with Crippen molar-refractivity contribution < 1.29 is 14.4 Å². The average molecular weight is 521 g/mol. The largest absolute Gasteiger partial charge is 0.369 e. The Morgan fingerprint density at radius 3 is 2.42 bits per heavy atom. The summed E-state index contributed by atoms with van der Waals surface area (Å²) >= 11 is 0. The van der Waals surface area contributed by atoms with Crippen molar-refractivity contribution >= 4 is 29.1 Å². The van der Waals surface area contributed by atoms with Gasteiger partial charge in [-0.15, -0.1) is 0 Å². The predicted octanol–water partition coefficient (Wildman–Crippen LogP) is 5.30. The van der Waals surface area contributed by atoms with Gasteiger partial charge in [0.1, 0.15) is 6.04 Å². The molecule has 1 aliphatic heterocycles. The molecule has 3 rings (SSSR count). The Morgan fingerprint density at radius 1 is 1.05 bits per heavy atom. The highest BCUT2D eigenvalue weighted by atomic mass is 16.2. The Bertz CT molecular complexity index is 1100. The maximum atomic E-state index is 13.6. The Kier molecular flexibility index (Phi) is 10.7. The summed E-state index contributed by atoms with van der Waals surface area (Å²) in [5, 5.41) is 6.46. The lowest BCUT2D eigenvalue weighted by molar-refractivity contribution is -0.139. The monoisotopic (exact) mass is 520 g/mol. The lowest BCUT2D eigenvalue weighted by Crippen LogP contribution is -2.50. The molecular formula is C31H44N4O3. The number of benzene rings is 2. The molecule has 7 nitrogen and oxygen atoms in total. The van der Waals surface area contributed by atoms with Crippen LogP contribution in [0.4, 0.5) is 11.4 Å². The van der Waals surface area contributed by atoms with Gasteiger partial charge in [-0.05, 0) is 80.3 Å². The van der Waals surface area contributed by atoms with E-state index in [1.54, 1.807) is 0 Å². The van der Waals surface area contributed by atoms with Crippen LogP contribution in [0.2, 0.25) is 0 Å². The summed E-state index contributed by atoms with van der Waals surface area (Å²) in [6.07, 6.45) is 4.23. The number of anilines is 2. The zero-order chi connectivity index (χ0) is 27.7. The highest BCUT2D eigenvalue weighted by Crippen LogP contribution is 2.26. The summed E-state index contributed by atoms with van der Waals surface area (Å²) in [4.78, 5) is 41.1. The van der Waals surface area contributed by atoms with Gasteiger partial charge in [-0.3, -0.25) is 14.4 Å². The normalized spacial score (nSPS) is 17.6. The van der Waals surface area contributed by atoms with Gasteiger partial charge in [0.05, 0.1) is 0 Å². The predicted molar refractivity (Wildman–Crippen MR) is 153 cm³/mol. The lowest BCUT2D eigenvalue weighted by Gasteiger charge is -2.29. The fraction of sp³-hybridized carbons (Fsp3) is 0.516. The molecule has 1 saturated heterocycles. The number of nitrogens with zero attached hydrogens (tertiary/aromatic N) is 1. The van der Waals surface area contributed by atoms with E-state index in [9.17, 15) is 14.4 Å². The molecule has 3 atom stereocenters. The molecule has 1 aliphatic rings. The highest BCUT2D eigenvalue weighted by molar-refractivity contribution is 5.91. The fourth-order valence-corrected chi connectivity index (χ4v) is 5.35. The molecule has 38 heavy (non-hydrogen) atoms. The summed E-state index contributed by atoms with van der Waals surface area (Å²) in [7, 11) is 0. The van der Waals surface area contributed by atoms with Gasteiger partial charge in [-0.25, -0.2) is 0 Å². The molecule has 2 aromatic rings. The van der Waals surface area contributed by atoms with E-state index in [0.717, 1.165) is 36.2 Å². The van der Waals surface area contributed by atoms with Crippen LogP contribution in [0.15, 0.2) is 48.5 Å². The van der Waals surface area contributed by atoms with Crippen LogP contribution in [-0.4, -0.2) is 35.2 Å². The molecule has 0 unspecified atom stereocenters. The van der Waals surface area contributed by atoms with Gasteiger partial charge in [0.25, 0.3) is 0 Å². The minimum absolute atomic E-state index is 0.0673. The maximum absolute atomic E-state index is 13.6. The van der Waals surface area contributed by atoms with E-state index in [4.69, 9.17) is 5.73 Å².